The maximum absolute atomic E-state index is 13.5. The molecule has 4 N–H and O–H groups in total. The first-order valence-corrected chi connectivity index (χ1v) is 9.49. The number of hydrogen-bond acceptors (Lipinski definition) is 6. The van der Waals surface area contributed by atoms with Gasteiger partial charge in [-0.1, -0.05) is 12.6 Å². The second-order valence-electron chi connectivity index (χ2n) is 7.01. The van der Waals surface area contributed by atoms with E-state index < -0.39 is 23.5 Å². The monoisotopic (exact) mass is 420 g/mol. The summed E-state index contributed by atoms with van der Waals surface area (Å²) < 4.78 is 40.6. The SMILES string of the molecule is C=CC(=O)Nc1cc(C)ccc1Nc1nc(N[C@H]2CCCNC2)ncc1C(F)(F)F. The van der Waals surface area contributed by atoms with Crippen molar-refractivity contribution in [1.82, 2.24) is 15.3 Å². The van der Waals surface area contributed by atoms with Gasteiger partial charge in [-0.15, -0.1) is 0 Å². The summed E-state index contributed by atoms with van der Waals surface area (Å²) in [5.41, 5.74) is 0.407. The fourth-order valence-corrected chi connectivity index (χ4v) is 3.09. The number of rotatable bonds is 6. The van der Waals surface area contributed by atoms with Gasteiger partial charge in [-0.2, -0.15) is 18.2 Å². The summed E-state index contributed by atoms with van der Waals surface area (Å²) in [4.78, 5) is 19.6. The standard InChI is InChI=1S/C20H23F3N6O/c1-3-17(30)27-16-9-12(2)6-7-15(16)28-18-14(20(21,22)23)11-25-19(29-18)26-13-5-4-8-24-10-13/h3,6-7,9,11,13,24H,1,4-5,8,10H2,2H3,(H,27,30)(H2,25,26,28,29)/t13-/m0/s1. The molecule has 3 rings (SSSR count). The van der Waals surface area contributed by atoms with Crippen LogP contribution in [0.15, 0.2) is 37.1 Å². The van der Waals surface area contributed by atoms with Crippen LogP contribution in [-0.2, 0) is 11.0 Å². The Kier molecular flexibility index (Phi) is 6.56. The molecule has 1 aliphatic heterocycles. The molecular formula is C20H23F3N6O. The lowest BCUT2D eigenvalue weighted by Crippen LogP contribution is -2.38. The lowest BCUT2D eigenvalue weighted by Gasteiger charge is -2.24. The van der Waals surface area contributed by atoms with E-state index in [4.69, 9.17) is 0 Å². The van der Waals surface area contributed by atoms with Crippen molar-refractivity contribution in [3.63, 3.8) is 0 Å². The molecule has 1 saturated heterocycles. The Morgan fingerprint density at radius 1 is 1.33 bits per heavy atom. The summed E-state index contributed by atoms with van der Waals surface area (Å²) in [6.07, 6.45) is -0.986. The van der Waals surface area contributed by atoms with Crippen LogP contribution in [0.3, 0.4) is 0 Å². The van der Waals surface area contributed by atoms with Crippen molar-refractivity contribution < 1.29 is 18.0 Å². The number of alkyl halides is 3. The smallest absolute Gasteiger partial charge is 0.350 e. The van der Waals surface area contributed by atoms with E-state index in [0.717, 1.165) is 37.2 Å². The number of aryl methyl sites for hydroxylation is 1. The molecule has 0 saturated carbocycles. The van der Waals surface area contributed by atoms with Crippen LogP contribution in [0, 0.1) is 6.92 Å². The van der Waals surface area contributed by atoms with Gasteiger partial charge in [0.25, 0.3) is 0 Å². The Morgan fingerprint density at radius 3 is 2.80 bits per heavy atom. The van der Waals surface area contributed by atoms with Gasteiger partial charge in [0.05, 0.1) is 11.4 Å². The maximum atomic E-state index is 13.5. The molecule has 0 spiro atoms. The molecule has 0 bridgehead atoms. The number of benzene rings is 1. The third-order valence-electron chi connectivity index (χ3n) is 4.60. The molecule has 30 heavy (non-hydrogen) atoms. The molecule has 1 amide bonds. The Balaban J connectivity index is 1.94. The van der Waals surface area contributed by atoms with E-state index in [1.807, 2.05) is 0 Å². The number of amides is 1. The van der Waals surface area contributed by atoms with Gasteiger partial charge >= 0.3 is 6.18 Å². The van der Waals surface area contributed by atoms with Gasteiger partial charge in [0.15, 0.2) is 0 Å². The number of piperidine rings is 1. The minimum absolute atomic E-state index is 0.0325. The fraction of sp³-hybridized carbons (Fsp3) is 0.350. The molecule has 0 radical (unpaired) electrons. The van der Waals surface area contributed by atoms with E-state index in [0.29, 0.717) is 12.2 Å². The van der Waals surface area contributed by atoms with Gasteiger partial charge in [0, 0.05) is 18.8 Å². The van der Waals surface area contributed by atoms with Gasteiger partial charge < -0.3 is 21.3 Å². The fourth-order valence-electron chi connectivity index (χ4n) is 3.09. The van der Waals surface area contributed by atoms with E-state index in [1.54, 1.807) is 25.1 Å². The van der Waals surface area contributed by atoms with E-state index >= 15 is 0 Å². The van der Waals surface area contributed by atoms with Crippen LogP contribution >= 0.6 is 0 Å². The molecule has 1 aromatic carbocycles. The zero-order valence-corrected chi connectivity index (χ0v) is 16.4. The second kappa shape index (κ2) is 9.12. The van der Waals surface area contributed by atoms with E-state index in [2.05, 4.69) is 37.8 Å². The predicted molar refractivity (Wildman–Crippen MR) is 110 cm³/mol. The van der Waals surface area contributed by atoms with Crippen molar-refractivity contribution in [3.05, 3.63) is 48.2 Å². The van der Waals surface area contributed by atoms with Crippen LogP contribution in [-0.4, -0.2) is 35.0 Å². The van der Waals surface area contributed by atoms with E-state index in [1.165, 1.54) is 0 Å². The van der Waals surface area contributed by atoms with Gasteiger partial charge in [-0.3, -0.25) is 4.79 Å². The molecule has 1 aromatic heterocycles. The average Bonchev–Trinajstić information content (AvgIpc) is 2.70. The van der Waals surface area contributed by atoms with Crippen LogP contribution < -0.4 is 21.3 Å². The molecule has 10 heteroatoms. The maximum Gasteiger partial charge on any atom is 0.421 e. The third-order valence-corrected chi connectivity index (χ3v) is 4.60. The van der Waals surface area contributed by atoms with Gasteiger partial charge in [-0.05, 0) is 50.1 Å². The van der Waals surface area contributed by atoms with Crippen molar-refractivity contribution in [2.45, 2.75) is 32.0 Å². The molecule has 1 aliphatic rings. The van der Waals surface area contributed by atoms with Crippen LogP contribution in [0.1, 0.15) is 24.0 Å². The summed E-state index contributed by atoms with van der Waals surface area (Å²) in [6.45, 7) is 6.79. The van der Waals surface area contributed by atoms with E-state index in [9.17, 15) is 18.0 Å². The summed E-state index contributed by atoms with van der Waals surface area (Å²) in [7, 11) is 0. The number of nitrogens with zero attached hydrogens (tertiary/aromatic N) is 2. The Bertz CT molecular complexity index is 925. The first-order valence-electron chi connectivity index (χ1n) is 9.49. The van der Waals surface area contributed by atoms with Crippen LogP contribution in [0.25, 0.3) is 0 Å². The molecule has 2 heterocycles. The summed E-state index contributed by atoms with van der Waals surface area (Å²) in [5.74, 6) is -0.778. The molecule has 0 unspecified atom stereocenters. The van der Waals surface area contributed by atoms with Gasteiger partial charge in [0.2, 0.25) is 11.9 Å². The summed E-state index contributed by atoms with van der Waals surface area (Å²) in [5, 5.41) is 11.6. The molecule has 7 nitrogen and oxygen atoms in total. The van der Waals surface area contributed by atoms with Crippen molar-refractivity contribution in [2.75, 3.05) is 29.0 Å². The molecule has 1 fully saturated rings. The highest BCUT2D eigenvalue weighted by atomic mass is 19.4. The number of carbonyl (C=O) groups excluding carboxylic acids is 1. The third kappa shape index (κ3) is 5.47. The lowest BCUT2D eigenvalue weighted by atomic mass is 10.1. The quantitative estimate of drug-likeness (QED) is 0.531. The normalized spacial score (nSPS) is 16.6. The van der Waals surface area contributed by atoms with Gasteiger partial charge in [0.1, 0.15) is 11.4 Å². The van der Waals surface area contributed by atoms with Crippen molar-refractivity contribution >= 4 is 29.0 Å². The molecule has 0 aliphatic carbocycles. The number of halogens is 3. The topological polar surface area (TPSA) is 91.0 Å². The average molecular weight is 420 g/mol. The highest BCUT2D eigenvalue weighted by Crippen LogP contribution is 2.36. The number of nitrogens with one attached hydrogen (secondary N) is 4. The number of aromatic nitrogens is 2. The second-order valence-corrected chi connectivity index (χ2v) is 7.01. The zero-order valence-electron chi connectivity index (χ0n) is 16.4. The van der Waals surface area contributed by atoms with Crippen molar-refractivity contribution in [2.24, 2.45) is 0 Å². The number of carbonyl (C=O) groups is 1. The van der Waals surface area contributed by atoms with Crippen LogP contribution in [0.5, 0.6) is 0 Å². The van der Waals surface area contributed by atoms with Crippen molar-refractivity contribution in [3.8, 4) is 0 Å². The first-order chi connectivity index (χ1) is 14.3. The molecule has 2 aromatic rings. The van der Waals surface area contributed by atoms with Crippen molar-refractivity contribution in [1.29, 1.82) is 0 Å². The predicted octanol–water partition coefficient (Wildman–Crippen LogP) is 3.84. The van der Waals surface area contributed by atoms with Crippen LogP contribution in [0.2, 0.25) is 0 Å². The Labute approximate surface area is 172 Å². The largest absolute Gasteiger partial charge is 0.421 e. The highest BCUT2D eigenvalue weighted by Gasteiger charge is 2.35. The van der Waals surface area contributed by atoms with E-state index in [-0.39, 0.29) is 17.7 Å². The van der Waals surface area contributed by atoms with Crippen LogP contribution in [0.4, 0.5) is 36.3 Å². The number of hydrogen-bond donors (Lipinski definition) is 4. The summed E-state index contributed by atoms with van der Waals surface area (Å²) in [6, 6.07) is 4.97. The highest BCUT2D eigenvalue weighted by molar-refractivity contribution is 6.01. The Hall–Kier alpha value is -3.14. The first kappa shape index (κ1) is 21.6. The number of anilines is 4. The minimum atomic E-state index is -4.65. The summed E-state index contributed by atoms with van der Waals surface area (Å²) >= 11 is 0. The molecule has 160 valence electrons. The molecular weight excluding hydrogens is 397 g/mol. The van der Waals surface area contributed by atoms with Gasteiger partial charge in [-0.25, -0.2) is 4.98 Å². The zero-order chi connectivity index (χ0) is 21.7. The Morgan fingerprint density at radius 2 is 2.13 bits per heavy atom. The molecule has 1 atom stereocenters. The lowest BCUT2D eigenvalue weighted by molar-refractivity contribution is -0.137. The minimum Gasteiger partial charge on any atom is -0.350 e.